The second-order valence-corrected chi connectivity index (χ2v) is 15.5. The summed E-state index contributed by atoms with van der Waals surface area (Å²) in [5, 5.41) is 7.27. The number of hydrogen-bond donors (Lipinski definition) is 0. The molecule has 268 valence electrons. The van der Waals surface area contributed by atoms with E-state index in [0.717, 1.165) is 33.3 Å². The van der Waals surface area contributed by atoms with Crippen LogP contribution in [-0.4, -0.2) is 19.5 Å². The molecule has 2 aliphatic rings. The van der Waals surface area contributed by atoms with Gasteiger partial charge >= 0.3 is 0 Å². The van der Waals surface area contributed by atoms with Gasteiger partial charge in [-0.25, -0.2) is 4.98 Å². The van der Waals surface area contributed by atoms with Crippen molar-refractivity contribution in [2.24, 2.45) is 0 Å². The van der Waals surface area contributed by atoms with E-state index in [4.69, 9.17) is 15.0 Å². The second kappa shape index (κ2) is 11.7. The highest BCUT2D eigenvalue weighted by Gasteiger charge is 2.49. The Morgan fingerprint density at radius 3 is 1.69 bits per heavy atom. The number of fused-ring (bicyclic) bond motifs is 7. The van der Waals surface area contributed by atoms with Crippen molar-refractivity contribution >= 4 is 43.4 Å². The van der Waals surface area contributed by atoms with Gasteiger partial charge < -0.3 is 0 Å². The molecule has 0 amide bonds. The fourth-order valence-electron chi connectivity index (χ4n) is 10.2. The van der Waals surface area contributed by atoms with Crippen molar-refractivity contribution in [3.8, 4) is 50.7 Å². The summed E-state index contributed by atoms with van der Waals surface area (Å²) >= 11 is 0. The third-order valence-electron chi connectivity index (χ3n) is 12.6. The molecule has 9 aromatic carbocycles. The average Bonchev–Trinajstić information content (AvgIpc) is 3.76. The van der Waals surface area contributed by atoms with E-state index >= 15 is 0 Å². The van der Waals surface area contributed by atoms with E-state index in [-0.39, 0.29) is 0 Å². The Balaban J connectivity index is 1.20. The fourth-order valence-corrected chi connectivity index (χ4v) is 10.2. The zero-order chi connectivity index (χ0) is 38.0. The number of nitrogens with zero attached hydrogens (tertiary/aromatic N) is 4. The van der Waals surface area contributed by atoms with Gasteiger partial charge in [-0.05, 0) is 89.8 Å². The van der Waals surface area contributed by atoms with Crippen molar-refractivity contribution in [2.75, 3.05) is 0 Å². The smallest absolute Gasteiger partial charge is 0.238 e. The van der Waals surface area contributed by atoms with Crippen LogP contribution in [-0.2, 0) is 5.41 Å². The summed E-state index contributed by atoms with van der Waals surface area (Å²) in [4.78, 5) is 16.8. The van der Waals surface area contributed by atoms with E-state index in [1.807, 2.05) is 6.07 Å². The molecule has 0 radical (unpaired) electrons. The van der Waals surface area contributed by atoms with Gasteiger partial charge in [-0.2, -0.15) is 9.97 Å². The molecule has 0 atom stereocenters. The Labute approximate surface area is 334 Å². The molecular weight excluding hydrogens is 705 g/mol. The molecule has 0 bridgehead atoms. The fraction of sp³-hybridized carbons (Fsp3) is 0.0185. The highest BCUT2D eigenvalue weighted by molar-refractivity contribution is 6.30. The van der Waals surface area contributed by atoms with Crippen LogP contribution in [0.15, 0.2) is 194 Å². The van der Waals surface area contributed by atoms with Crippen LogP contribution in [0.3, 0.4) is 0 Å². The van der Waals surface area contributed by atoms with Gasteiger partial charge in [0.05, 0.1) is 11.0 Å². The Hall–Kier alpha value is -7.69. The summed E-state index contributed by atoms with van der Waals surface area (Å²) in [6, 6.07) is 70.0. The van der Waals surface area contributed by atoms with Crippen molar-refractivity contribution in [1.29, 1.82) is 0 Å². The molecule has 13 rings (SSSR count). The second-order valence-electron chi connectivity index (χ2n) is 15.5. The van der Waals surface area contributed by atoms with Gasteiger partial charge in [0.1, 0.15) is 5.41 Å². The van der Waals surface area contributed by atoms with E-state index in [0.29, 0.717) is 17.6 Å². The standard InChI is InChI=1S/C54H32N4/c1-2-15-35(16-3-1)51-55-52(54(37-30-28-33-14-4-5-17-36(33)32-37)44-25-10-8-21-40(44)41-22-9-11-26-45(41)54)57-53(56-51)58-46-27-13-24-43-39-20-7-6-19-38(39)42-23-12-18-34-29-31-47(58)50(48(34)42)49(43)46/h1-32H. The summed E-state index contributed by atoms with van der Waals surface area (Å²) in [5.74, 6) is 1.91. The third kappa shape index (κ3) is 4.10. The lowest BCUT2D eigenvalue weighted by Crippen LogP contribution is -2.32. The molecule has 4 nitrogen and oxygen atoms in total. The normalized spacial score (nSPS) is 13.3. The molecule has 0 fully saturated rings. The minimum atomic E-state index is -0.841. The zero-order valence-corrected chi connectivity index (χ0v) is 31.3. The van der Waals surface area contributed by atoms with Gasteiger partial charge in [-0.15, -0.1) is 0 Å². The van der Waals surface area contributed by atoms with Crippen LogP contribution in [0.2, 0.25) is 0 Å². The molecule has 58 heavy (non-hydrogen) atoms. The third-order valence-corrected chi connectivity index (χ3v) is 12.6. The molecule has 2 heterocycles. The van der Waals surface area contributed by atoms with Gasteiger partial charge in [0, 0.05) is 16.3 Å². The number of aromatic nitrogens is 4. The Morgan fingerprint density at radius 1 is 0.362 bits per heavy atom. The summed E-state index contributed by atoms with van der Waals surface area (Å²) in [6.45, 7) is 0. The molecule has 0 saturated heterocycles. The molecule has 2 aliphatic carbocycles. The molecule has 0 N–H and O–H groups in total. The van der Waals surface area contributed by atoms with E-state index in [9.17, 15) is 0 Å². The maximum atomic E-state index is 5.75. The van der Waals surface area contributed by atoms with Gasteiger partial charge in [0.15, 0.2) is 11.6 Å². The van der Waals surface area contributed by atoms with E-state index in [1.165, 1.54) is 65.7 Å². The first kappa shape index (κ1) is 31.5. The number of rotatable bonds is 4. The lowest BCUT2D eigenvalue weighted by molar-refractivity contribution is 0.684. The number of hydrogen-bond acceptors (Lipinski definition) is 3. The van der Waals surface area contributed by atoms with Crippen molar-refractivity contribution in [2.45, 2.75) is 5.41 Å². The summed E-state index contributed by atoms with van der Waals surface area (Å²) in [7, 11) is 0. The minimum Gasteiger partial charge on any atom is -0.278 e. The molecule has 0 spiro atoms. The average molecular weight is 737 g/mol. The Morgan fingerprint density at radius 2 is 0.931 bits per heavy atom. The van der Waals surface area contributed by atoms with Crippen LogP contribution in [0, 0.1) is 0 Å². The lowest BCUT2D eigenvalue weighted by Gasteiger charge is -2.32. The molecular formula is C54H32N4. The first-order valence-electron chi connectivity index (χ1n) is 19.9. The predicted octanol–water partition coefficient (Wildman–Crippen LogP) is 13.0. The first-order chi connectivity index (χ1) is 28.8. The molecule has 4 heteroatoms. The monoisotopic (exact) mass is 736 g/mol. The minimum absolute atomic E-state index is 0.591. The molecule has 2 aromatic heterocycles. The Bertz CT molecular complexity index is 3480. The van der Waals surface area contributed by atoms with Gasteiger partial charge in [0.2, 0.25) is 5.95 Å². The van der Waals surface area contributed by atoms with Crippen LogP contribution >= 0.6 is 0 Å². The molecule has 0 unspecified atom stereocenters. The predicted molar refractivity (Wildman–Crippen MR) is 236 cm³/mol. The highest BCUT2D eigenvalue weighted by atomic mass is 15.2. The highest BCUT2D eigenvalue weighted by Crippen LogP contribution is 2.56. The SMILES string of the molecule is c1ccc(-c2nc(-n3c4cccc5c4c4c6c(cccc6ccc43)-c3ccccc3-5)nc(C3(c4ccc5ccccc5c4)c4ccccc4-c4ccccc43)n2)cc1. The lowest BCUT2D eigenvalue weighted by atomic mass is 9.71. The zero-order valence-electron chi connectivity index (χ0n) is 31.3. The molecule has 0 aliphatic heterocycles. The summed E-state index contributed by atoms with van der Waals surface area (Å²) in [6.07, 6.45) is 0. The van der Waals surface area contributed by atoms with Crippen LogP contribution in [0.4, 0.5) is 0 Å². The van der Waals surface area contributed by atoms with Crippen molar-refractivity contribution in [3.63, 3.8) is 0 Å². The maximum absolute atomic E-state index is 5.75. The molecule has 11 aromatic rings. The van der Waals surface area contributed by atoms with Crippen molar-refractivity contribution in [1.82, 2.24) is 19.5 Å². The first-order valence-corrected chi connectivity index (χ1v) is 19.9. The van der Waals surface area contributed by atoms with Gasteiger partial charge in [0.25, 0.3) is 0 Å². The molecule has 0 saturated carbocycles. The van der Waals surface area contributed by atoms with Crippen LogP contribution in [0.25, 0.3) is 94.1 Å². The summed E-state index contributed by atoms with van der Waals surface area (Å²) < 4.78 is 2.29. The summed E-state index contributed by atoms with van der Waals surface area (Å²) in [5.41, 5.74) is 13.0. The van der Waals surface area contributed by atoms with Gasteiger partial charge in [-0.3, -0.25) is 4.57 Å². The van der Waals surface area contributed by atoms with Crippen molar-refractivity contribution in [3.05, 3.63) is 217 Å². The van der Waals surface area contributed by atoms with Crippen LogP contribution in [0.1, 0.15) is 22.5 Å². The van der Waals surface area contributed by atoms with Crippen molar-refractivity contribution < 1.29 is 0 Å². The topological polar surface area (TPSA) is 43.6 Å². The van der Waals surface area contributed by atoms with E-state index < -0.39 is 5.41 Å². The van der Waals surface area contributed by atoms with Gasteiger partial charge in [-0.1, -0.05) is 176 Å². The van der Waals surface area contributed by atoms with Crippen LogP contribution < -0.4 is 0 Å². The quantitative estimate of drug-likeness (QED) is 0.181. The largest absolute Gasteiger partial charge is 0.278 e. The van der Waals surface area contributed by atoms with E-state index in [2.05, 4.69) is 193 Å². The Kier molecular flexibility index (Phi) is 6.34. The van der Waals surface area contributed by atoms with Crippen LogP contribution in [0.5, 0.6) is 0 Å². The number of benzene rings is 9. The maximum Gasteiger partial charge on any atom is 0.238 e. The van der Waals surface area contributed by atoms with E-state index in [1.54, 1.807) is 0 Å².